The number of Topliss-reactive ketones (excluding diaryl/α,β-unsaturated/α-hetero) is 1. The van der Waals surface area contributed by atoms with Crippen LogP contribution in [0.1, 0.15) is 62.9 Å². The first kappa shape index (κ1) is 15.2. The first-order valence-electron chi connectivity index (χ1n) is 7.75. The predicted molar refractivity (Wildman–Crippen MR) is 82.1 cm³/mol. The minimum atomic E-state index is -0.0144. The van der Waals surface area contributed by atoms with Crippen molar-refractivity contribution in [3.8, 4) is 0 Å². The Hall–Kier alpha value is -1.15. The van der Waals surface area contributed by atoms with Crippen LogP contribution in [0.15, 0.2) is 24.3 Å². The molecule has 0 aromatic heterocycles. The summed E-state index contributed by atoms with van der Waals surface area (Å²) in [6, 6.07) is 8.14. The van der Waals surface area contributed by atoms with Gasteiger partial charge in [-0.1, -0.05) is 45.0 Å². The molecule has 2 rings (SSSR count). The Morgan fingerprint density at radius 3 is 2.20 bits per heavy atom. The van der Waals surface area contributed by atoms with Crippen molar-refractivity contribution in [2.45, 2.75) is 59.2 Å². The lowest BCUT2D eigenvalue weighted by Crippen LogP contribution is -2.26. The van der Waals surface area contributed by atoms with E-state index in [0.29, 0.717) is 5.92 Å². The van der Waals surface area contributed by atoms with Crippen LogP contribution in [-0.2, 0) is 4.74 Å². The third kappa shape index (κ3) is 2.80. The van der Waals surface area contributed by atoms with Crippen LogP contribution in [0, 0.1) is 11.8 Å². The van der Waals surface area contributed by atoms with Crippen molar-refractivity contribution >= 4 is 5.78 Å². The van der Waals surface area contributed by atoms with Crippen LogP contribution in [0.3, 0.4) is 0 Å². The molecule has 1 aromatic carbocycles. The summed E-state index contributed by atoms with van der Waals surface area (Å²) in [6.45, 7) is 10.6. The average Bonchev–Trinajstić information content (AvgIpc) is 2.71. The van der Waals surface area contributed by atoms with E-state index in [4.69, 9.17) is 4.74 Å². The first-order valence-corrected chi connectivity index (χ1v) is 7.75. The first-order chi connectivity index (χ1) is 9.45. The molecule has 1 fully saturated rings. The highest BCUT2D eigenvalue weighted by Crippen LogP contribution is 2.34. The third-order valence-electron chi connectivity index (χ3n) is 4.92. The Bertz CT molecular complexity index is 463. The molecule has 20 heavy (non-hydrogen) atoms. The molecule has 2 nitrogen and oxygen atoms in total. The standard InChI is InChI=1S/C18H26O2/c1-6-11(2)15-7-9-16(10-8-15)18(19)17-12(3)13(4)20-14(17)5/h7-14,17H,6H2,1-5H3. The van der Waals surface area contributed by atoms with Crippen LogP contribution in [-0.4, -0.2) is 18.0 Å². The highest BCUT2D eigenvalue weighted by atomic mass is 16.5. The molecule has 0 amide bonds. The molecule has 1 heterocycles. The molecule has 0 spiro atoms. The quantitative estimate of drug-likeness (QED) is 0.759. The SMILES string of the molecule is CCC(C)c1ccc(C(=O)C2C(C)OC(C)C2C)cc1. The van der Waals surface area contributed by atoms with Crippen molar-refractivity contribution in [1.29, 1.82) is 0 Å². The summed E-state index contributed by atoms with van der Waals surface area (Å²) in [5.41, 5.74) is 2.12. The molecule has 1 aliphatic heterocycles. The topological polar surface area (TPSA) is 26.3 Å². The van der Waals surface area contributed by atoms with E-state index in [-0.39, 0.29) is 29.8 Å². The number of carbonyl (C=O) groups excluding carboxylic acids is 1. The Morgan fingerprint density at radius 2 is 1.75 bits per heavy atom. The van der Waals surface area contributed by atoms with Gasteiger partial charge in [-0.25, -0.2) is 0 Å². The predicted octanol–water partition coefficient (Wildman–Crippen LogP) is 4.44. The maximum absolute atomic E-state index is 12.7. The van der Waals surface area contributed by atoms with Gasteiger partial charge in [0.05, 0.1) is 18.1 Å². The van der Waals surface area contributed by atoms with Gasteiger partial charge < -0.3 is 4.74 Å². The highest BCUT2D eigenvalue weighted by molar-refractivity contribution is 5.98. The van der Waals surface area contributed by atoms with E-state index in [1.165, 1.54) is 5.56 Å². The molecule has 1 saturated heterocycles. The molecule has 0 saturated carbocycles. The average molecular weight is 274 g/mol. The number of hydrogen-bond donors (Lipinski definition) is 0. The summed E-state index contributed by atoms with van der Waals surface area (Å²) >= 11 is 0. The maximum atomic E-state index is 12.7. The lowest BCUT2D eigenvalue weighted by molar-refractivity contribution is 0.0491. The molecule has 0 radical (unpaired) electrons. The summed E-state index contributed by atoms with van der Waals surface area (Å²) in [6.07, 6.45) is 1.30. The van der Waals surface area contributed by atoms with E-state index < -0.39 is 0 Å². The van der Waals surface area contributed by atoms with E-state index in [2.05, 4.69) is 39.8 Å². The summed E-state index contributed by atoms with van der Waals surface area (Å²) in [7, 11) is 0. The minimum absolute atomic E-state index is 0.0144. The molecule has 110 valence electrons. The summed E-state index contributed by atoms with van der Waals surface area (Å²) in [4.78, 5) is 12.7. The van der Waals surface area contributed by atoms with Gasteiger partial charge in [0, 0.05) is 5.56 Å². The summed E-state index contributed by atoms with van der Waals surface area (Å²) in [5, 5.41) is 0. The van der Waals surface area contributed by atoms with Gasteiger partial charge in [-0.3, -0.25) is 4.79 Å². The van der Waals surface area contributed by atoms with Crippen molar-refractivity contribution in [2.24, 2.45) is 11.8 Å². The van der Waals surface area contributed by atoms with Crippen molar-refractivity contribution < 1.29 is 9.53 Å². The van der Waals surface area contributed by atoms with E-state index >= 15 is 0 Å². The molecular formula is C18H26O2. The number of ether oxygens (including phenoxy) is 1. The fourth-order valence-electron chi connectivity index (χ4n) is 3.12. The van der Waals surface area contributed by atoms with Gasteiger partial charge in [0.2, 0.25) is 0 Å². The van der Waals surface area contributed by atoms with E-state index in [1.54, 1.807) is 0 Å². The van der Waals surface area contributed by atoms with Crippen LogP contribution in [0.4, 0.5) is 0 Å². The van der Waals surface area contributed by atoms with Gasteiger partial charge in [0.1, 0.15) is 0 Å². The zero-order valence-electron chi connectivity index (χ0n) is 13.2. The van der Waals surface area contributed by atoms with Gasteiger partial charge in [0.15, 0.2) is 5.78 Å². The van der Waals surface area contributed by atoms with Gasteiger partial charge in [-0.2, -0.15) is 0 Å². The fraction of sp³-hybridized carbons (Fsp3) is 0.611. The van der Waals surface area contributed by atoms with E-state index in [1.807, 2.05) is 19.1 Å². The molecule has 0 N–H and O–H groups in total. The molecular weight excluding hydrogens is 248 g/mol. The number of carbonyl (C=O) groups is 1. The van der Waals surface area contributed by atoms with Crippen LogP contribution < -0.4 is 0 Å². The normalized spacial score (nSPS) is 31.2. The Kier molecular flexibility index (Phi) is 4.64. The lowest BCUT2D eigenvalue weighted by Gasteiger charge is -2.17. The Morgan fingerprint density at radius 1 is 1.15 bits per heavy atom. The smallest absolute Gasteiger partial charge is 0.168 e. The second-order valence-corrected chi connectivity index (χ2v) is 6.23. The molecule has 5 atom stereocenters. The van der Waals surface area contributed by atoms with Gasteiger partial charge in [-0.15, -0.1) is 0 Å². The van der Waals surface area contributed by atoms with Crippen molar-refractivity contribution in [2.75, 3.05) is 0 Å². The Balaban J connectivity index is 2.17. The molecule has 1 aliphatic rings. The highest BCUT2D eigenvalue weighted by Gasteiger charge is 2.41. The largest absolute Gasteiger partial charge is 0.374 e. The number of benzene rings is 1. The molecule has 0 bridgehead atoms. The van der Waals surface area contributed by atoms with Crippen LogP contribution >= 0.6 is 0 Å². The van der Waals surface area contributed by atoms with Crippen LogP contribution in [0.5, 0.6) is 0 Å². The van der Waals surface area contributed by atoms with Crippen molar-refractivity contribution in [1.82, 2.24) is 0 Å². The zero-order chi connectivity index (χ0) is 14.9. The second kappa shape index (κ2) is 6.09. The van der Waals surface area contributed by atoms with Crippen molar-refractivity contribution in [3.63, 3.8) is 0 Å². The fourth-order valence-corrected chi connectivity index (χ4v) is 3.12. The minimum Gasteiger partial charge on any atom is -0.374 e. The van der Waals surface area contributed by atoms with Gasteiger partial charge in [0.25, 0.3) is 0 Å². The van der Waals surface area contributed by atoms with Crippen LogP contribution in [0.2, 0.25) is 0 Å². The second-order valence-electron chi connectivity index (χ2n) is 6.23. The summed E-state index contributed by atoms with van der Waals surface area (Å²) < 4.78 is 5.79. The van der Waals surface area contributed by atoms with E-state index in [0.717, 1.165) is 12.0 Å². The van der Waals surface area contributed by atoms with Crippen LogP contribution in [0.25, 0.3) is 0 Å². The molecule has 2 heteroatoms. The molecule has 1 aromatic rings. The molecule has 5 unspecified atom stereocenters. The lowest BCUT2D eigenvalue weighted by atomic mass is 9.83. The van der Waals surface area contributed by atoms with Gasteiger partial charge >= 0.3 is 0 Å². The number of ketones is 1. The maximum Gasteiger partial charge on any atom is 0.168 e. The zero-order valence-corrected chi connectivity index (χ0v) is 13.2. The Labute approximate surface area is 122 Å². The summed E-state index contributed by atoms with van der Waals surface area (Å²) in [5.74, 6) is 1.04. The number of rotatable bonds is 4. The van der Waals surface area contributed by atoms with Gasteiger partial charge in [-0.05, 0) is 37.7 Å². The monoisotopic (exact) mass is 274 g/mol. The number of hydrogen-bond acceptors (Lipinski definition) is 2. The molecule has 0 aliphatic carbocycles. The third-order valence-corrected chi connectivity index (χ3v) is 4.92. The van der Waals surface area contributed by atoms with E-state index in [9.17, 15) is 4.79 Å². The van der Waals surface area contributed by atoms with Crippen molar-refractivity contribution in [3.05, 3.63) is 35.4 Å².